The first-order valence-corrected chi connectivity index (χ1v) is 11.0. The van der Waals surface area contributed by atoms with Crippen molar-refractivity contribution in [1.29, 1.82) is 0 Å². The van der Waals surface area contributed by atoms with Crippen molar-refractivity contribution >= 4 is 39.6 Å². The first-order valence-electron chi connectivity index (χ1n) is 9.46. The third kappa shape index (κ3) is 4.40. The highest BCUT2D eigenvalue weighted by Crippen LogP contribution is 2.26. The van der Waals surface area contributed by atoms with E-state index < -0.39 is 27.8 Å². The average Bonchev–Trinajstić information content (AvgIpc) is 3.38. The van der Waals surface area contributed by atoms with Crippen LogP contribution in [0.1, 0.15) is 16.1 Å². The van der Waals surface area contributed by atoms with Gasteiger partial charge in [0.2, 0.25) is 10.0 Å². The Morgan fingerprint density at radius 3 is 2.30 bits per heavy atom. The number of carbonyl (C=O) groups is 3. The van der Waals surface area contributed by atoms with Gasteiger partial charge in [-0.3, -0.25) is 15.0 Å². The first-order chi connectivity index (χ1) is 15.7. The van der Waals surface area contributed by atoms with Crippen molar-refractivity contribution in [3.8, 4) is 11.3 Å². The van der Waals surface area contributed by atoms with Gasteiger partial charge in [0.05, 0.1) is 23.3 Å². The maximum absolute atomic E-state index is 12.8. The molecular weight excluding hydrogens is 450 g/mol. The van der Waals surface area contributed by atoms with Crippen molar-refractivity contribution < 1.29 is 32.0 Å². The number of furan rings is 1. The number of methoxy groups -OCH3 is 1. The molecule has 4 rings (SSSR count). The molecule has 2 aromatic carbocycles. The lowest BCUT2D eigenvalue weighted by Crippen LogP contribution is -2.35. The Bertz CT molecular complexity index is 1390. The van der Waals surface area contributed by atoms with E-state index in [9.17, 15) is 22.8 Å². The number of rotatable bonds is 5. The van der Waals surface area contributed by atoms with E-state index in [1.165, 1.54) is 61.7 Å². The predicted molar refractivity (Wildman–Crippen MR) is 117 cm³/mol. The highest BCUT2D eigenvalue weighted by atomic mass is 32.2. The number of hydrogen-bond donors (Lipinski definition) is 2. The first kappa shape index (κ1) is 22.0. The number of carbonyl (C=O) groups excluding carboxylic acids is 3. The fourth-order valence-corrected chi connectivity index (χ4v) is 3.66. The van der Waals surface area contributed by atoms with E-state index in [0.717, 1.165) is 5.01 Å². The standard InChI is InChI=1S/C22H17N3O7S/c1-31-22(28)14-2-6-15(7-3-14)25-21(27)18(20(26)24-25)12-16-8-11-19(32-16)13-4-9-17(10-5-13)33(23,29)30/h2-12H,1H3,(H,24,26)(H2,23,29,30)/b18-12+. The summed E-state index contributed by atoms with van der Waals surface area (Å²) >= 11 is 0. The third-order valence-electron chi connectivity index (χ3n) is 4.82. The molecule has 0 aliphatic carbocycles. The molecule has 0 atom stereocenters. The molecule has 1 aliphatic heterocycles. The second kappa shape index (κ2) is 8.37. The molecule has 168 valence electrons. The van der Waals surface area contributed by atoms with Crippen LogP contribution in [-0.4, -0.2) is 33.3 Å². The largest absolute Gasteiger partial charge is 0.465 e. The second-order valence-corrected chi connectivity index (χ2v) is 8.51. The lowest BCUT2D eigenvalue weighted by molar-refractivity contribution is -0.117. The van der Waals surface area contributed by atoms with E-state index in [2.05, 4.69) is 10.2 Å². The highest BCUT2D eigenvalue weighted by Gasteiger charge is 2.34. The van der Waals surface area contributed by atoms with E-state index in [1.807, 2.05) is 0 Å². The van der Waals surface area contributed by atoms with Crippen LogP contribution in [0.2, 0.25) is 0 Å². The number of nitrogens with two attached hydrogens (primary N) is 1. The number of anilines is 1. The highest BCUT2D eigenvalue weighted by molar-refractivity contribution is 7.89. The van der Waals surface area contributed by atoms with E-state index in [4.69, 9.17) is 9.56 Å². The van der Waals surface area contributed by atoms with Gasteiger partial charge in [0, 0.05) is 5.56 Å². The monoisotopic (exact) mass is 467 g/mol. The third-order valence-corrected chi connectivity index (χ3v) is 5.75. The van der Waals surface area contributed by atoms with Gasteiger partial charge in [-0.2, -0.15) is 0 Å². The topological polar surface area (TPSA) is 149 Å². The zero-order chi connectivity index (χ0) is 23.8. The minimum atomic E-state index is -3.81. The Balaban J connectivity index is 1.55. The number of primary sulfonamides is 1. The average molecular weight is 467 g/mol. The number of sulfonamides is 1. The van der Waals surface area contributed by atoms with Gasteiger partial charge in [-0.05, 0) is 66.7 Å². The van der Waals surface area contributed by atoms with E-state index in [1.54, 1.807) is 12.1 Å². The van der Waals surface area contributed by atoms with Gasteiger partial charge < -0.3 is 9.15 Å². The molecule has 1 aliphatic rings. The maximum atomic E-state index is 12.8. The molecule has 10 nitrogen and oxygen atoms in total. The van der Waals surface area contributed by atoms with E-state index in [0.29, 0.717) is 22.6 Å². The Morgan fingerprint density at radius 1 is 1.03 bits per heavy atom. The van der Waals surface area contributed by atoms with E-state index in [-0.39, 0.29) is 16.2 Å². The van der Waals surface area contributed by atoms with Crippen molar-refractivity contribution in [3.63, 3.8) is 0 Å². The molecule has 0 spiro atoms. The number of esters is 1. The van der Waals surface area contributed by atoms with Crippen LogP contribution in [0.25, 0.3) is 17.4 Å². The lowest BCUT2D eigenvalue weighted by Gasteiger charge is -2.14. The zero-order valence-electron chi connectivity index (χ0n) is 17.1. The number of hydrogen-bond acceptors (Lipinski definition) is 7. The molecule has 1 fully saturated rings. The Hall–Kier alpha value is -4.22. The molecule has 1 aromatic heterocycles. The molecule has 3 aromatic rings. The smallest absolute Gasteiger partial charge is 0.337 e. The fourth-order valence-electron chi connectivity index (χ4n) is 3.14. The molecule has 2 amide bonds. The van der Waals surface area contributed by atoms with Gasteiger partial charge >= 0.3 is 5.97 Å². The molecule has 33 heavy (non-hydrogen) atoms. The SMILES string of the molecule is COC(=O)c1ccc(N2NC(=O)/C(=C\c3ccc(-c4ccc(S(N)(=O)=O)cc4)o3)C2=O)cc1. The molecule has 2 heterocycles. The molecular formula is C22H17N3O7S. The number of nitrogens with one attached hydrogen (secondary N) is 1. The summed E-state index contributed by atoms with van der Waals surface area (Å²) in [4.78, 5) is 36.7. The lowest BCUT2D eigenvalue weighted by atomic mass is 10.2. The van der Waals surface area contributed by atoms with Gasteiger partial charge in [-0.25, -0.2) is 23.4 Å². The summed E-state index contributed by atoms with van der Waals surface area (Å²) in [6, 6.07) is 14.9. The fraction of sp³-hybridized carbons (Fsp3) is 0.0455. The minimum absolute atomic E-state index is 0.0342. The van der Waals surface area contributed by atoms with Gasteiger partial charge in [-0.1, -0.05) is 0 Å². The summed E-state index contributed by atoms with van der Waals surface area (Å²) in [5.74, 6) is -1.08. The number of amides is 2. The van der Waals surface area contributed by atoms with Crippen LogP contribution in [-0.2, 0) is 24.3 Å². The van der Waals surface area contributed by atoms with Crippen LogP contribution in [0.15, 0.2) is 75.5 Å². The van der Waals surface area contributed by atoms with Crippen molar-refractivity contribution in [2.75, 3.05) is 12.1 Å². The molecule has 1 saturated heterocycles. The van der Waals surface area contributed by atoms with Crippen LogP contribution in [0.5, 0.6) is 0 Å². The second-order valence-electron chi connectivity index (χ2n) is 6.95. The van der Waals surface area contributed by atoms with Gasteiger partial charge in [0.25, 0.3) is 11.8 Å². The summed E-state index contributed by atoms with van der Waals surface area (Å²) < 4.78 is 33.1. The van der Waals surface area contributed by atoms with Crippen LogP contribution >= 0.6 is 0 Å². The number of nitrogens with zero attached hydrogens (tertiary/aromatic N) is 1. The number of ether oxygens (including phenoxy) is 1. The quantitative estimate of drug-likeness (QED) is 0.330. The van der Waals surface area contributed by atoms with Crippen LogP contribution in [0.4, 0.5) is 5.69 Å². The summed E-state index contributed by atoms with van der Waals surface area (Å²) in [6.07, 6.45) is 1.31. The summed E-state index contributed by atoms with van der Waals surface area (Å²) in [5.41, 5.74) is 3.57. The molecule has 0 saturated carbocycles. The number of benzene rings is 2. The van der Waals surface area contributed by atoms with Crippen LogP contribution in [0.3, 0.4) is 0 Å². The molecule has 0 bridgehead atoms. The zero-order valence-corrected chi connectivity index (χ0v) is 18.0. The molecule has 0 unspecified atom stereocenters. The molecule has 0 radical (unpaired) electrons. The Kier molecular flexibility index (Phi) is 5.58. The summed E-state index contributed by atoms with van der Waals surface area (Å²) in [6.45, 7) is 0. The predicted octanol–water partition coefficient (Wildman–Crippen LogP) is 1.84. The normalized spacial score (nSPS) is 15.1. The summed E-state index contributed by atoms with van der Waals surface area (Å²) in [7, 11) is -2.55. The Labute approximate surface area is 188 Å². The van der Waals surface area contributed by atoms with Crippen molar-refractivity contribution in [2.45, 2.75) is 4.90 Å². The van der Waals surface area contributed by atoms with Crippen molar-refractivity contribution in [2.24, 2.45) is 5.14 Å². The number of hydrazine groups is 1. The van der Waals surface area contributed by atoms with Gasteiger partial charge in [0.1, 0.15) is 17.1 Å². The summed E-state index contributed by atoms with van der Waals surface area (Å²) in [5, 5.41) is 6.15. The van der Waals surface area contributed by atoms with Gasteiger partial charge in [-0.15, -0.1) is 0 Å². The maximum Gasteiger partial charge on any atom is 0.337 e. The van der Waals surface area contributed by atoms with Crippen molar-refractivity contribution in [1.82, 2.24) is 5.43 Å². The Morgan fingerprint density at radius 2 is 1.70 bits per heavy atom. The van der Waals surface area contributed by atoms with Crippen LogP contribution in [0, 0.1) is 0 Å². The molecule has 11 heteroatoms. The van der Waals surface area contributed by atoms with E-state index >= 15 is 0 Å². The molecule has 3 N–H and O–H groups in total. The van der Waals surface area contributed by atoms with Gasteiger partial charge in [0.15, 0.2) is 0 Å². The van der Waals surface area contributed by atoms with Crippen molar-refractivity contribution in [3.05, 3.63) is 77.6 Å². The van der Waals surface area contributed by atoms with Crippen LogP contribution < -0.4 is 15.6 Å². The minimum Gasteiger partial charge on any atom is -0.465 e.